The summed E-state index contributed by atoms with van der Waals surface area (Å²) in [7, 11) is 0. The molecule has 0 bridgehead atoms. The number of carbonyl (C=O) groups excluding carboxylic acids is 2. The Morgan fingerprint density at radius 3 is 1.49 bits per heavy atom. The maximum Gasteiger partial charge on any atom is 0.306 e. The largest absolute Gasteiger partial charge is 0.466 e. The van der Waals surface area contributed by atoms with Gasteiger partial charge in [-0.1, -0.05) is 149 Å². The van der Waals surface area contributed by atoms with Crippen molar-refractivity contribution >= 4 is 11.9 Å². The molecule has 0 atom stereocenters. The Balaban J connectivity index is 2.26. The van der Waals surface area contributed by atoms with Crippen LogP contribution < -0.4 is 0 Å². The predicted octanol–water partition coefficient (Wildman–Crippen LogP) is 12.2. The van der Waals surface area contributed by atoms with E-state index in [0.717, 1.165) is 97.4 Å². The van der Waals surface area contributed by atoms with Crippen molar-refractivity contribution < 1.29 is 23.8 Å². The van der Waals surface area contributed by atoms with Crippen molar-refractivity contribution in [3.05, 3.63) is 0 Å². The van der Waals surface area contributed by atoms with Crippen molar-refractivity contribution in [1.29, 1.82) is 0 Å². The van der Waals surface area contributed by atoms with E-state index in [1.54, 1.807) is 0 Å². The molecule has 0 N–H and O–H groups in total. The molecule has 314 valence electrons. The zero-order valence-electron chi connectivity index (χ0n) is 35.8. The number of esters is 2. The Kier molecular flexibility index (Phi) is 36.7. The molecule has 0 amide bonds. The first-order valence-electron chi connectivity index (χ1n) is 23.5. The summed E-state index contributed by atoms with van der Waals surface area (Å²) in [6.07, 6.45) is 36.3. The molecule has 0 unspecified atom stereocenters. The monoisotopic (exact) mass is 751 g/mol. The van der Waals surface area contributed by atoms with Gasteiger partial charge >= 0.3 is 11.9 Å². The van der Waals surface area contributed by atoms with Crippen molar-refractivity contribution in [3.63, 3.8) is 0 Å². The third-order valence-electron chi connectivity index (χ3n) is 11.1. The lowest BCUT2D eigenvalue weighted by Gasteiger charge is -2.30. The van der Waals surface area contributed by atoms with Crippen LogP contribution >= 0.6 is 0 Å². The first kappa shape index (κ1) is 49.8. The van der Waals surface area contributed by atoms with Gasteiger partial charge in [0.15, 0.2) is 0 Å². The molecule has 0 aromatic heterocycles. The fraction of sp³-hybridized carbons (Fsp3) is 0.957. The van der Waals surface area contributed by atoms with Gasteiger partial charge in [0.1, 0.15) is 6.10 Å². The standard InChI is InChI=1S/C46H90N2O5/c1-4-7-10-13-17-24-31-44(32-25-18-14-11-8-5-2)53-46(50)34-27-20-16-22-29-36-47(37-38-48-39-42-51-43-40-48)35-28-21-15-19-26-33-45(49)52-41-30-23-12-9-6-3/h44H,4-43H2,1-3H3. The lowest BCUT2D eigenvalue weighted by molar-refractivity contribution is -0.150. The summed E-state index contributed by atoms with van der Waals surface area (Å²) in [6.45, 7) is 15.8. The number of ether oxygens (including phenoxy) is 3. The molecule has 7 nitrogen and oxygen atoms in total. The summed E-state index contributed by atoms with van der Waals surface area (Å²) in [5, 5.41) is 0. The maximum absolute atomic E-state index is 12.8. The first-order valence-corrected chi connectivity index (χ1v) is 23.5. The van der Waals surface area contributed by atoms with Gasteiger partial charge in [-0.15, -0.1) is 0 Å². The molecule has 0 aromatic carbocycles. The highest BCUT2D eigenvalue weighted by Crippen LogP contribution is 2.18. The topological polar surface area (TPSA) is 68.3 Å². The van der Waals surface area contributed by atoms with Crippen molar-refractivity contribution in [2.45, 2.75) is 226 Å². The van der Waals surface area contributed by atoms with Gasteiger partial charge in [0.2, 0.25) is 0 Å². The molecule has 53 heavy (non-hydrogen) atoms. The van der Waals surface area contributed by atoms with E-state index < -0.39 is 0 Å². The minimum Gasteiger partial charge on any atom is -0.466 e. The summed E-state index contributed by atoms with van der Waals surface area (Å²) in [5.41, 5.74) is 0. The Morgan fingerprint density at radius 2 is 0.962 bits per heavy atom. The molecule has 1 aliphatic heterocycles. The fourth-order valence-electron chi connectivity index (χ4n) is 7.49. The number of hydrogen-bond donors (Lipinski definition) is 0. The average Bonchev–Trinajstić information content (AvgIpc) is 3.17. The quantitative estimate of drug-likeness (QED) is 0.0456. The van der Waals surface area contributed by atoms with Crippen LogP contribution in [0.2, 0.25) is 0 Å². The third kappa shape index (κ3) is 33.8. The second kappa shape index (κ2) is 39.1. The predicted molar refractivity (Wildman–Crippen MR) is 225 cm³/mol. The lowest BCUT2D eigenvalue weighted by atomic mass is 10.0. The van der Waals surface area contributed by atoms with Gasteiger partial charge in [0.25, 0.3) is 0 Å². The molecule has 0 spiro atoms. The Labute approximate surface area is 329 Å². The number of unbranched alkanes of at least 4 members (excludes halogenated alkanes) is 22. The smallest absolute Gasteiger partial charge is 0.306 e. The molecular formula is C46H90N2O5. The van der Waals surface area contributed by atoms with E-state index in [1.165, 1.54) is 141 Å². The van der Waals surface area contributed by atoms with Gasteiger partial charge in [-0.2, -0.15) is 0 Å². The fourth-order valence-corrected chi connectivity index (χ4v) is 7.49. The van der Waals surface area contributed by atoms with Crippen molar-refractivity contribution in [2.75, 3.05) is 59.1 Å². The minimum atomic E-state index is -0.0130. The highest BCUT2D eigenvalue weighted by Gasteiger charge is 2.15. The van der Waals surface area contributed by atoms with Crippen LogP contribution in [-0.4, -0.2) is 86.9 Å². The summed E-state index contributed by atoms with van der Waals surface area (Å²) >= 11 is 0. The molecule has 0 aliphatic carbocycles. The molecule has 1 heterocycles. The van der Waals surface area contributed by atoms with Crippen molar-refractivity contribution in [1.82, 2.24) is 9.80 Å². The zero-order valence-corrected chi connectivity index (χ0v) is 35.8. The number of hydrogen-bond acceptors (Lipinski definition) is 7. The summed E-state index contributed by atoms with van der Waals surface area (Å²) in [5.74, 6) is 0.0234. The van der Waals surface area contributed by atoms with Crippen LogP contribution in [0.3, 0.4) is 0 Å². The van der Waals surface area contributed by atoms with E-state index in [4.69, 9.17) is 14.2 Å². The molecule has 0 radical (unpaired) electrons. The van der Waals surface area contributed by atoms with Crippen LogP contribution in [0.15, 0.2) is 0 Å². The third-order valence-corrected chi connectivity index (χ3v) is 11.1. The Morgan fingerprint density at radius 1 is 0.528 bits per heavy atom. The number of nitrogens with zero attached hydrogens (tertiary/aromatic N) is 2. The van der Waals surface area contributed by atoms with Crippen LogP contribution in [0.25, 0.3) is 0 Å². The van der Waals surface area contributed by atoms with E-state index in [2.05, 4.69) is 30.6 Å². The van der Waals surface area contributed by atoms with Gasteiger partial charge < -0.3 is 19.1 Å². The molecule has 0 saturated carbocycles. The van der Waals surface area contributed by atoms with E-state index >= 15 is 0 Å². The number of morpholine rings is 1. The van der Waals surface area contributed by atoms with Crippen LogP contribution in [0.1, 0.15) is 220 Å². The molecule has 1 fully saturated rings. The normalized spacial score (nSPS) is 13.7. The average molecular weight is 751 g/mol. The van der Waals surface area contributed by atoms with Crippen LogP contribution in [0.5, 0.6) is 0 Å². The van der Waals surface area contributed by atoms with Gasteiger partial charge in [0, 0.05) is 39.0 Å². The van der Waals surface area contributed by atoms with Crippen molar-refractivity contribution in [2.24, 2.45) is 0 Å². The molecule has 1 aliphatic rings. The van der Waals surface area contributed by atoms with Gasteiger partial charge in [-0.25, -0.2) is 0 Å². The van der Waals surface area contributed by atoms with Gasteiger partial charge in [-0.3, -0.25) is 14.5 Å². The maximum atomic E-state index is 12.8. The second-order valence-corrected chi connectivity index (χ2v) is 16.2. The molecule has 7 heteroatoms. The SMILES string of the molecule is CCCCCCCCC(CCCCCCCC)OC(=O)CCCCCCCN(CCCCCCCC(=O)OCCCCCCC)CCN1CCOCC1. The summed E-state index contributed by atoms with van der Waals surface area (Å²) in [4.78, 5) is 30.1. The molecular weight excluding hydrogens is 661 g/mol. The van der Waals surface area contributed by atoms with E-state index in [-0.39, 0.29) is 18.0 Å². The Hall–Kier alpha value is -1.18. The summed E-state index contributed by atoms with van der Waals surface area (Å²) in [6, 6.07) is 0. The number of carbonyl (C=O) groups is 2. The van der Waals surface area contributed by atoms with E-state index in [9.17, 15) is 9.59 Å². The van der Waals surface area contributed by atoms with Crippen LogP contribution in [0, 0.1) is 0 Å². The van der Waals surface area contributed by atoms with Crippen molar-refractivity contribution in [3.8, 4) is 0 Å². The second-order valence-electron chi connectivity index (χ2n) is 16.2. The highest BCUT2D eigenvalue weighted by atomic mass is 16.5. The lowest BCUT2D eigenvalue weighted by Crippen LogP contribution is -2.41. The van der Waals surface area contributed by atoms with E-state index in [1.807, 2.05) is 0 Å². The molecule has 1 rings (SSSR count). The zero-order chi connectivity index (χ0) is 38.3. The van der Waals surface area contributed by atoms with E-state index in [0.29, 0.717) is 19.4 Å². The van der Waals surface area contributed by atoms with Gasteiger partial charge in [0.05, 0.1) is 19.8 Å². The minimum absolute atomic E-state index is 0.0130. The molecule has 0 aromatic rings. The number of rotatable bonds is 40. The van der Waals surface area contributed by atoms with Crippen LogP contribution in [0.4, 0.5) is 0 Å². The van der Waals surface area contributed by atoms with Crippen LogP contribution in [-0.2, 0) is 23.8 Å². The Bertz CT molecular complexity index is 774. The summed E-state index contributed by atoms with van der Waals surface area (Å²) < 4.78 is 17.1. The molecule has 1 saturated heterocycles. The van der Waals surface area contributed by atoms with Gasteiger partial charge in [-0.05, 0) is 70.9 Å². The first-order chi connectivity index (χ1) is 26.1. The highest BCUT2D eigenvalue weighted by molar-refractivity contribution is 5.69.